The Hall–Kier alpha value is -3.36. The number of aromatic amines is 1. The number of nitrogen functional groups attached to an aromatic ring is 1. The van der Waals surface area contributed by atoms with E-state index in [-0.39, 0.29) is 11.7 Å². The van der Waals surface area contributed by atoms with E-state index in [9.17, 15) is 19.2 Å². The number of carbonyl (C=O) groups is 2. The summed E-state index contributed by atoms with van der Waals surface area (Å²) in [6.07, 6.45) is 0. The Kier molecular flexibility index (Phi) is 6.17. The minimum Gasteiger partial charge on any atom is -0.482 e. The van der Waals surface area contributed by atoms with Crippen molar-refractivity contribution in [3.63, 3.8) is 0 Å². The first-order valence-electron chi connectivity index (χ1n) is 8.21. The van der Waals surface area contributed by atoms with E-state index in [1.807, 2.05) is 31.0 Å². The summed E-state index contributed by atoms with van der Waals surface area (Å²) in [5.74, 6) is -1.14. The monoisotopic (exact) mass is 375 g/mol. The van der Waals surface area contributed by atoms with Crippen LogP contribution in [0.4, 0.5) is 5.82 Å². The number of H-pyrrole nitrogens is 1. The molecule has 0 radical (unpaired) electrons. The molecular formula is C18H21N3O6. The highest BCUT2D eigenvalue weighted by molar-refractivity contribution is 6.01. The van der Waals surface area contributed by atoms with E-state index in [0.29, 0.717) is 5.75 Å². The minimum absolute atomic E-state index is 0.207. The summed E-state index contributed by atoms with van der Waals surface area (Å²) < 4.78 is 11.2. The molecule has 144 valence electrons. The Morgan fingerprint density at radius 1 is 1.19 bits per heavy atom. The number of hydrogen-bond acceptors (Lipinski definition) is 7. The van der Waals surface area contributed by atoms with Crippen molar-refractivity contribution < 1.29 is 19.1 Å². The smallest absolute Gasteiger partial charge is 0.344 e. The number of nitrogens with one attached hydrogen (secondary N) is 1. The SMILES string of the molecule is CC(C)c1ccccc1OCC(=O)OCC(=O)c1c(N)n(C)c(=O)[nH]c1=O. The van der Waals surface area contributed by atoms with Crippen LogP contribution in [0.2, 0.25) is 0 Å². The molecule has 0 fully saturated rings. The number of esters is 1. The summed E-state index contributed by atoms with van der Waals surface area (Å²) in [5.41, 5.74) is 4.45. The molecule has 2 rings (SSSR count). The first-order chi connectivity index (χ1) is 12.7. The highest BCUT2D eigenvalue weighted by Gasteiger charge is 2.20. The number of nitrogens with two attached hydrogens (primary N) is 1. The number of hydrogen-bond donors (Lipinski definition) is 2. The van der Waals surface area contributed by atoms with Gasteiger partial charge in [0.15, 0.2) is 13.2 Å². The number of anilines is 1. The normalized spacial score (nSPS) is 10.7. The molecule has 1 aromatic heterocycles. The molecule has 0 amide bonds. The Morgan fingerprint density at radius 3 is 2.52 bits per heavy atom. The highest BCUT2D eigenvalue weighted by atomic mass is 16.6. The molecule has 0 aliphatic rings. The number of ketones is 1. The van der Waals surface area contributed by atoms with Gasteiger partial charge >= 0.3 is 11.7 Å². The maximum atomic E-state index is 12.1. The summed E-state index contributed by atoms with van der Waals surface area (Å²) in [5, 5.41) is 0. The van der Waals surface area contributed by atoms with Gasteiger partial charge in [0, 0.05) is 7.05 Å². The van der Waals surface area contributed by atoms with Gasteiger partial charge in [0.05, 0.1) is 0 Å². The average molecular weight is 375 g/mol. The molecule has 2 aromatic rings. The quantitative estimate of drug-likeness (QED) is 0.534. The first kappa shape index (κ1) is 20.0. The lowest BCUT2D eigenvalue weighted by molar-refractivity contribution is -0.144. The van der Waals surface area contributed by atoms with Crippen LogP contribution >= 0.6 is 0 Å². The fourth-order valence-electron chi connectivity index (χ4n) is 2.39. The van der Waals surface area contributed by atoms with Gasteiger partial charge < -0.3 is 15.2 Å². The number of benzene rings is 1. The van der Waals surface area contributed by atoms with E-state index < -0.39 is 41.8 Å². The predicted molar refractivity (Wildman–Crippen MR) is 98.0 cm³/mol. The van der Waals surface area contributed by atoms with Crippen LogP contribution in [0.5, 0.6) is 5.75 Å². The van der Waals surface area contributed by atoms with Gasteiger partial charge in [-0.3, -0.25) is 19.1 Å². The minimum atomic E-state index is -0.932. The predicted octanol–water partition coefficient (Wildman–Crippen LogP) is 0.584. The van der Waals surface area contributed by atoms with Crippen molar-refractivity contribution in [3.05, 3.63) is 56.2 Å². The van der Waals surface area contributed by atoms with Gasteiger partial charge in [0.2, 0.25) is 5.78 Å². The fourth-order valence-corrected chi connectivity index (χ4v) is 2.39. The fraction of sp³-hybridized carbons (Fsp3) is 0.333. The Balaban J connectivity index is 1.99. The molecule has 0 aliphatic carbocycles. The van der Waals surface area contributed by atoms with Gasteiger partial charge in [-0.25, -0.2) is 9.59 Å². The van der Waals surface area contributed by atoms with E-state index in [2.05, 4.69) is 0 Å². The molecule has 0 bridgehead atoms. The van der Waals surface area contributed by atoms with E-state index >= 15 is 0 Å². The van der Waals surface area contributed by atoms with Crippen LogP contribution in [-0.2, 0) is 16.6 Å². The summed E-state index contributed by atoms with van der Waals surface area (Å²) in [6.45, 7) is 2.90. The summed E-state index contributed by atoms with van der Waals surface area (Å²) in [6, 6.07) is 7.28. The molecule has 0 atom stereocenters. The average Bonchev–Trinajstić information content (AvgIpc) is 2.63. The maximum Gasteiger partial charge on any atom is 0.344 e. The number of ether oxygens (including phenoxy) is 2. The highest BCUT2D eigenvalue weighted by Crippen LogP contribution is 2.25. The Morgan fingerprint density at radius 2 is 1.85 bits per heavy atom. The third-order valence-electron chi connectivity index (χ3n) is 3.90. The second-order valence-electron chi connectivity index (χ2n) is 6.14. The van der Waals surface area contributed by atoms with Gasteiger partial charge in [0.25, 0.3) is 5.56 Å². The van der Waals surface area contributed by atoms with Crippen LogP contribution in [0, 0.1) is 0 Å². The molecule has 27 heavy (non-hydrogen) atoms. The summed E-state index contributed by atoms with van der Waals surface area (Å²) in [4.78, 5) is 49.1. The van der Waals surface area contributed by atoms with Crippen LogP contribution in [0.3, 0.4) is 0 Å². The summed E-state index contributed by atoms with van der Waals surface area (Å²) in [7, 11) is 1.30. The zero-order valence-electron chi connectivity index (χ0n) is 15.3. The van der Waals surface area contributed by atoms with Gasteiger partial charge in [-0.2, -0.15) is 0 Å². The van der Waals surface area contributed by atoms with Crippen molar-refractivity contribution in [2.45, 2.75) is 19.8 Å². The molecule has 3 N–H and O–H groups in total. The lowest BCUT2D eigenvalue weighted by Crippen LogP contribution is -2.36. The number of Topliss-reactive ketones (excluding diaryl/α,β-unsaturated/α-hetero) is 1. The molecule has 0 aliphatic heterocycles. The number of carbonyl (C=O) groups excluding carboxylic acids is 2. The van der Waals surface area contributed by atoms with E-state index in [0.717, 1.165) is 10.1 Å². The Bertz CT molecular complexity index is 974. The van der Waals surface area contributed by atoms with Crippen molar-refractivity contribution >= 4 is 17.6 Å². The molecule has 1 heterocycles. The van der Waals surface area contributed by atoms with Crippen LogP contribution in [0.25, 0.3) is 0 Å². The lowest BCUT2D eigenvalue weighted by Gasteiger charge is -2.13. The van der Waals surface area contributed by atoms with Gasteiger partial charge in [0.1, 0.15) is 17.1 Å². The molecular weight excluding hydrogens is 354 g/mol. The van der Waals surface area contributed by atoms with Gasteiger partial charge in [-0.15, -0.1) is 0 Å². The van der Waals surface area contributed by atoms with Gasteiger partial charge in [-0.05, 0) is 17.5 Å². The second kappa shape index (κ2) is 8.35. The van der Waals surface area contributed by atoms with Crippen LogP contribution < -0.4 is 21.7 Å². The first-order valence-corrected chi connectivity index (χ1v) is 8.21. The van der Waals surface area contributed by atoms with E-state index in [4.69, 9.17) is 15.2 Å². The van der Waals surface area contributed by atoms with Crippen LogP contribution in [0.1, 0.15) is 35.7 Å². The number of rotatable bonds is 7. The molecule has 0 saturated carbocycles. The van der Waals surface area contributed by atoms with Crippen molar-refractivity contribution in [1.29, 1.82) is 0 Å². The molecule has 0 unspecified atom stereocenters. The lowest BCUT2D eigenvalue weighted by atomic mass is 10.0. The Labute approximate surface area is 154 Å². The maximum absolute atomic E-state index is 12.1. The molecule has 1 aromatic carbocycles. The van der Waals surface area contributed by atoms with Gasteiger partial charge in [-0.1, -0.05) is 32.0 Å². The van der Waals surface area contributed by atoms with E-state index in [1.54, 1.807) is 12.1 Å². The van der Waals surface area contributed by atoms with Crippen molar-refractivity contribution in [2.24, 2.45) is 7.05 Å². The third kappa shape index (κ3) is 4.63. The zero-order valence-corrected chi connectivity index (χ0v) is 15.3. The standard InChI is InChI=1S/C18H21N3O6/c1-10(2)11-6-4-5-7-13(11)26-9-14(23)27-8-12(22)15-16(19)21(3)18(25)20-17(15)24/h4-7,10H,8-9,19H2,1-3H3,(H,20,24,25). The van der Waals surface area contributed by atoms with E-state index in [1.165, 1.54) is 7.05 Å². The zero-order chi connectivity index (χ0) is 20.1. The molecule has 0 saturated heterocycles. The van der Waals surface area contributed by atoms with Crippen LogP contribution in [0.15, 0.2) is 33.9 Å². The number of nitrogens with zero attached hydrogens (tertiary/aromatic N) is 1. The topological polar surface area (TPSA) is 133 Å². The number of para-hydroxylation sites is 1. The molecule has 9 nitrogen and oxygen atoms in total. The second-order valence-corrected chi connectivity index (χ2v) is 6.14. The largest absolute Gasteiger partial charge is 0.482 e. The summed E-state index contributed by atoms with van der Waals surface area (Å²) >= 11 is 0. The molecule has 0 spiro atoms. The van der Waals surface area contributed by atoms with Crippen molar-refractivity contribution in [3.8, 4) is 5.75 Å². The molecule has 9 heteroatoms. The van der Waals surface area contributed by atoms with Crippen LogP contribution in [-0.4, -0.2) is 34.5 Å². The van der Waals surface area contributed by atoms with Crippen molar-refractivity contribution in [1.82, 2.24) is 9.55 Å². The number of aromatic nitrogens is 2. The van der Waals surface area contributed by atoms with Crippen molar-refractivity contribution in [2.75, 3.05) is 18.9 Å². The third-order valence-corrected chi connectivity index (χ3v) is 3.90.